The molecule has 0 amide bonds. The number of hydrogen-bond acceptors (Lipinski definition) is 3. The van der Waals surface area contributed by atoms with Crippen LogP contribution in [0.3, 0.4) is 0 Å². The van der Waals surface area contributed by atoms with Gasteiger partial charge in [-0.1, -0.05) is 24.3 Å². The first-order valence-electron chi connectivity index (χ1n) is 5.37. The molecule has 3 nitrogen and oxygen atoms in total. The van der Waals surface area contributed by atoms with Crippen molar-refractivity contribution in [1.29, 1.82) is 0 Å². The molecule has 0 fully saturated rings. The lowest BCUT2D eigenvalue weighted by Crippen LogP contribution is -2.32. The first-order chi connectivity index (χ1) is 8.02. The lowest BCUT2D eigenvalue weighted by atomic mass is 9.92. The Morgan fingerprint density at radius 2 is 1.59 bits per heavy atom. The summed E-state index contributed by atoms with van der Waals surface area (Å²) in [5, 5.41) is 3.01. The maximum atomic E-state index is 12.2. The summed E-state index contributed by atoms with van der Waals surface area (Å²) in [4.78, 5) is 24.3. The number of rotatable bonds is 2. The number of hydrogen-bond donors (Lipinski definition) is 1. The zero-order chi connectivity index (χ0) is 12.6. The van der Waals surface area contributed by atoms with E-state index in [1.165, 1.54) is 0 Å². The van der Waals surface area contributed by atoms with Gasteiger partial charge in [-0.25, -0.2) is 0 Å². The van der Waals surface area contributed by atoms with Gasteiger partial charge in [-0.15, -0.1) is 0 Å². The van der Waals surface area contributed by atoms with E-state index in [1.54, 1.807) is 24.3 Å². The van der Waals surface area contributed by atoms with Crippen LogP contribution in [0.15, 0.2) is 34.4 Å². The van der Waals surface area contributed by atoms with E-state index in [-0.39, 0.29) is 17.6 Å². The molecule has 0 aliphatic heterocycles. The average molecular weight is 294 g/mol. The van der Waals surface area contributed by atoms with Crippen LogP contribution in [0.5, 0.6) is 0 Å². The first-order valence-corrected chi connectivity index (χ1v) is 6.16. The molecule has 0 unspecified atom stereocenters. The van der Waals surface area contributed by atoms with E-state index in [0.29, 0.717) is 21.3 Å². The summed E-state index contributed by atoms with van der Waals surface area (Å²) < 4.78 is 0.315. The second-order valence-corrected chi connectivity index (χ2v) is 4.98. The van der Waals surface area contributed by atoms with Crippen molar-refractivity contribution in [2.75, 3.05) is 0 Å². The maximum Gasteiger partial charge on any atom is 0.210 e. The van der Waals surface area contributed by atoms with Crippen molar-refractivity contribution in [2.24, 2.45) is 0 Å². The molecular weight excluding hydrogens is 282 g/mol. The molecule has 0 heterocycles. The SMILES string of the molecule is CC(C)NC1=C(Br)C(=O)c2ccccc2C1=O. The Labute approximate surface area is 108 Å². The highest BCUT2D eigenvalue weighted by molar-refractivity contribution is 9.12. The van der Waals surface area contributed by atoms with Gasteiger partial charge in [0.25, 0.3) is 0 Å². The molecule has 0 saturated carbocycles. The van der Waals surface area contributed by atoms with E-state index in [2.05, 4.69) is 21.2 Å². The van der Waals surface area contributed by atoms with E-state index in [1.807, 2.05) is 13.8 Å². The van der Waals surface area contributed by atoms with Crippen LogP contribution in [-0.4, -0.2) is 17.6 Å². The van der Waals surface area contributed by atoms with Crippen LogP contribution in [-0.2, 0) is 0 Å². The molecule has 0 aromatic heterocycles. The zero-order valence-corrected chi connectivity index (χ0v) is 11.2. The predicted molar refractivity (Wildman–Crippen MR) is 69.3 cm³/mol. The van der Waals surface area contributed by atoms with Crippen LogP contribution in [0.4, 0.5) is 0 Å². The van der Waals surface area contributed by atoms with Gasteiger partial charge in [-0.3, -0.25) is 9.59 Å². The molecule has 0 bridgehead atoms. The third-order valence-electron chi connectivity index (χ3n) is 2.50. The number of halogens is 1. The summed E-state index contributed by atoms with van der Waals surface area (Å²) in [7, 11) is 0. The Balaban J connectivity index is 2.54. The number of allylic oxidation sites excluding steroid dienone is 2. The second-order valence-electron chi connectivity index (χ2n) is 4.19. The normalized spacial score (nSPS) is 15.3. The van der Waals surface area contributed by atoms with Gasteiger partial charge in [0, 0.05) is 17.2 Å². The quantitative estimate of drug-likeness (QED) is 0.912. The molecule has 0 saturated heterocycles. The van der Waals surface area contributed by atoms with E-state index >= 15 is 0 Å². The molecule has 0 radical (unpaired) electrons. The van der Waals surface area contributed by atoms with Crippen LogP contribution in [0.1, 0.15) is 34.6 Å². The molecule has 1 N–H and O–H groups in total. The van der Waals surface area contributed by atoms with Crippen molar-refractivity contribution < 1.29 is 9.59 Å². The fourth-order valence-corrected chi connectivity index (χ4v) is 2.27. The van der Waals surface area contributed by atoms with Gasteiger partial charge >= 0.3 is 0 Å². The number of benzene rings is 1. The standard InChI is InChI=1S/C13H12BrNO2/c1-7(2)15-11-10(14)12(16)8-5-3-4-6-9(8)13(11)17/h3-7,15H,1-2H3. The van der Waals surface area contributed by atoms with E-state index < -0.39 is 0 Å². The minimum absolute atomic E-state index is 0.0968. The van der Waals surface area contributed by atoms with Crippen LogP contribution in [0.2, 0.25) is 0 Å². The zero-order valence-electron chi connectivity index (χ0n) is 9.58. The second kappa shape index (κ2) is 4.45. The van der Waals surface area contributed by atoms with Gasteiger partial charge in [0.2, 0.25) is 11.6 Å². The van der Waals surface area contributed by atoms with Gasteiger partial charge in [0.1, 0.15) is 5.70 Å². The fraction of sp³-hybridized carbons (Fsp3) is 0.231. The maximum absolute atomic E-state index is 12.2. The molecule has 1 aliphatic rings. The minimum Gasteiger partial charge on any atom is -0.379 e. The molecule has 0 spiro atoms. The van der Waals surface area contributed by atoms with E-state index in [4.69, 9.17) is 0 Å². The minimum atomic E-state index is -0.150. The molecule has 4 heteroatoms. The summed E-state index contributed by atoms with van der Waals surface area (Å²) in [6.07, 6.45) is 0. The molecule has 17 heavy (non-hydrogen) atoms. The number of carbonyl (C=O) groups excluding carboxylic acids is 2. The van der Waals surface area contributed by atoms with Gasteiger partial charge in [-0.05, 0) is 29.8 Å². The lowest BCUT2D eigenvalue weighted by Gasteiger charge is -2.20. The Bertz CT molecular complexity index is 532. The van der Waals surface area contributed by atoms with Gasteiger partial charge < -0.3 is 5.32 Å². The summed E-state index contributed by atoms with van der Waals surface area (Å²) in [6, 6.07) is 6.96. The highest BCUT2D eigenvalue weighted by Crippen LogP contribution is 2.28. The molecular formula is C13H12BrNO2. The topological polar surface area (TPSA) is 46.2 Å². The largest absolute Gasteiger partial charge is 0.379 e. The molecule has 88 valence electrons. The Kier molecular flexibility index (Phi) is 3.15. The van der Waals surface area contributed by atoms with Crippen molar-refractivity contribution in [2.45, 2.75) is 19.9 Å². The Hall–Kier alpha value is -1.42. The van der Waals surface area contributed by atoms with Crippen LogP contribution >= 0.6 is 15.9 Å². The number of fused-ring (bicyclic) bond motifs is 1. The Morgan fingerprint density at radius 3 is 2.12 bits per heavy atom. The lowest BCUT2D eigenvalue weighted by molar-refractivity contribution is 0.0975. The van der Waals surface area contributed by atoms with Crippen LogP contribution < -0.4 is 5.32 Å². The van der Waals surface area contributed by atoms with Crippen LogP contribution in [0, 0.1) is 0 Å². The summed E-state index contributed by atoms with van der Waals surface area (Å²) >= 11 is 3.21. The van der Waals surface area contributed by atoms with Crippen molar-refractivity contribution in [3.63, 3.8) is 0 Å². The van der Waals surface area contributed by atoms with Gasteiger partial charge in [0.05, 0.1) is 4.48 Å². The van der Waals surface area contributed by atoms with Crippen molar-refractivity contribution in [1.82, 2.24) is 5.32 Å². The van der Waals surface area contributed by atoms with Crippen molar-refractivity contribution >= 4 is 27.5 Å². The van der Waals surface area contributed by atoms with Crippen molar-refractivity contribution in [3.8, 4) is 0 Å². The van der Waals surface area contributed by atoms with Crippen LogP contribution in [0.25, 0.3) is 0 Å². The predicted octanol–water partition coefficient (Wildman–Crippen LogP) is 2.67. The third-order valence-corrected chi connectivity index (χ3v) is 3.25. The van der Waals surface area contributed by atoms with Crippen molar-refractivity contribution in [3.05, 3.63) is 45.6 Å². The molecule has 1 aromatic carbocycles. The number of Topliss-reactive ketones (excluding diaryl/α,β-unsaturated/α-hetero) is 2. The molecule has 2 rings (SSSR count). The molecule has 1 aliphatic carbocycles. The van der Waals surface area contributed by atoms with E-state index in [0.717, 1.165) is 0 Å². The number of ketones is 2. The fourth-order valence-electron chi connectivity index (χ4n) is 1.76. The number of nitrogens with one attached hydrogen (secondary N) is 1. The molecule has 1 aromatic rings. The average Bonchev–Trinajstić information content (AvgIpc) is 2.31. The summed E-state index contributed by atoms with van der Waals surface area (Å²) in [5.74, 6) is -0.288. The first kappa shape index (κ1) is 12.0. The smallest absolute Gasteiger partial charge is 0.210 e. The number of carbonyl (C=O) groups is 2. The Morgan fingerprint density at radius 1 is 1.06 bits per heavy atom. The van der Waals surface area contributed by atoms with Gasteiger partial charge in [-0.2, -0.15) is 0 Å². The highest BCUT2D eigenvalue weighted by atomic mass is 79.9. The summed E-state index contributed by atoms with van der Waals surface area (Å²) in [6.45, 7) is 3.84. The highest BCUT2D eigenvalue weighted by Gasteiger charge is 2.30. The monoisotopic (exact) mass is 293 g/mol. The van der Waals surface area contributed by atoms with E-state index in [9.17, 15) is 9.59 Å². The molecule has 0 atom stereocenters. The summed E-state index contributed by atoms with van der Waals surface area (Å²) in [5.41, 5.74) is 1.27. The van der Waals surface area contributed by atoms with Gasteiger partial charge in [0.15, 0.2) is 0 Å². The third kappa shape index (κ3) is 2.05.